The van der Waals surface area contributed by atoms with Gasteiger partial charge in [-0.3, -0.25) is 4.79 Å². The molecule has 1 aromatic rings. The number of primary amides is 1. The Labute approximate surface area is 115 Å². The number of urea groups is 1. The van der Waals surface area contributed by atoms with Crippen LogP contribution in [0.15, 0.2) is 18.2 Å². The second kappa shape index (κ2) is 6.94. The highest BCUT2D eigenvalue weighted by Gasteiger charge is 2.19. The number of carbonyl (C=O) groups is 2. The molecule has 0 aromatic heterocycles. The van der Waals surface area contributed by atoms with Crippen molar-refractivity contribution in [3.05, 3.63) is 29.0 Å². The van der Waals surface area contributed by atoms with Gasteiger partial charge in [-0.1, -0.05) is 24.9 Å². The third-order valence-corrected chi connectivity index (χ3v) is 2.69. The van der Waals surface area contributed by atoms with Gasteiger partial charge >= 0.3 is 6.03 Å². The lowest BCUT2D eigenvalue weighted by Crippen LogP contribution is -2.46. The van der Waals surface area contributed by atoms with E-state index in [4.69, 9.17) is 17.3 Å². The average Bonchev–Trinajstić information content (AvgIpc) is 2.33. The topological polar surface area (TPSA) is 84.2 Å². The van der Waals surface area contributed by atoms with E-state index in [2.05, 4.69) is 10.6 Å². The first-order chi connectivity index (χ1) is 8.93. The third-order valence-electron chi connectivity index (χ3n) is 2.40. The first kappa shape index (κ1) is 15.2. The Hall–Kier alpha value is -1.82. The predicted octanol–water partition coefficient (Wildman–Crippen LogP) is 2.25. The summed E-state index contributed by atoms with van der Waals surface area (Å²) in [5.41, 5.74) is 5.35. The summed E-state index contributed by atoms with van der Waals surface area (Å²) in [6.07, 6.45) is 1.15. The van der Waals surface area contributed by atoms with Crippen LogP contribution in [0.3, 0.4) is 0 Å². The number of nitrogens with one attached hydrogen (secondary N) is 2. The van der Waals surface area contributed by atoms with Crippen molar-refractivity contribution >= 4 is 29.2 Å². The highest BCUT2D eigenvalue weighted by atomic mass is 35.5. The largest absolute Gasteiger partial charge is 0.352 e. The molecule has 104 valence electrons. The minimum absolute atomic E-state index is 0.0901. The molecule has 7 heteroatoms. The molecule has 0 spiro atoms. The molecule has 0 bridgehead atoms. The van der Waals surface area contributed by atoms with Crippen molar-refractivity contribution in [1.29, 1.82) is 0 Å². The third kappa shape index (κ3) is 4.75. The zero-order valence-electron chi connectivity index (χ0n) is 10.4. The van der Waals surface area contributed by atoms with Gasteiger partial charge in [-0.15, -0.1) is 0 Å². The van der Waals surface area contributed by atoms with Gasteiger partial charge in [0.05, 0.1) is 5.02 Å². The van der Waals surface area contributed by atoms with Crippen LogP contribution in [0.5, 0.6) is 0 Å². The van der Waals surface area contributed by atoms with Gasteiger partial charge in [-0.05, 0) is 24.6 Å². The van der Waals surface area contributed by atoms with Crippen LogP contribution in [0.4, 0.5) is 14.9 Å². The van der Waals surface area contributed by atoms with Gasteiger partial charge in [-0.25, -0.2) is 9.18 Å². The molecule has 1 unspecified atom stereocenters. The van der Waals surface area contributed by atoms with Gasteiger partial charge in [0.1, 0.15) is 11.9 Å². The second-order valence-electron chi connectivity index (χ2n) is 3.97. The van der Waals surface area contributed by atoms with Gasteiger partial charge in [0, 0.05) is 5.69 Å². The summed E-state index contributed by atoms with van der Waals surface area (Å²) >= 11 is 5.61. The summed E-state index contributed by atoms with van der Waals surface area (Å²) in [5, 5.41) is 4.80. The van der Waals surface area contributed by atoms with Crippen LogP contribution >= 0.6 is 11.6 Å². The van der Waals surface area contributed by atoms with Gasteiger partial charge in [-0.2, -0.15) is 0 Å². The fourth-order valence-electron chi connectivity index (χ4n) is 1.53. The van der Waals surface area contributed by atoms with Gasteiger partial charge in [0.25, 0.3) is 0 Å². The smallest absolute Gasteiger partial charge is 0.312 e. The number of anilines is 1. The number of carbonyl (C=O) groups excluding carboxylic acids is 2. The van der Waals surface area contributed by atoms with E-state index in [-0.39, 0.29) is 5.02 Å². The van der Waals surface area contributed by atoms with Crippen LogP contribution in [-0.4, -0.2) is 18.0 Å². The molecule has 0 saturated carbocycles. The summed E-state index contributed by atoms with van der Waals surface area (Å²) in [6.45, 7) is 1.87. The number of amides is 3. The molecule has 19 heavy (non-hydrogen) atoms. The lowest BCUT2D eigenvalue weighted by molar-refractivity contribution is -0.118. The Morgan fingerprint density at radius 2 is 2.16 bits per heavy atom. The summed E-state index contributed by atoms with van der Waals surface area (Å²) < 4.78 is 13.0. The number of hydrogen-bond donors (Lipinski definition) is 3. The van der Waals surface area contributed by atoms with Gasteiger partial charge < -0.3 is 16.4 Å². The molecular weight excluding hydrogens is 273 g/mol. The Bertz CT molecular complexity index is 482. The van der Waals surface area contributed by atoms with Crippen molar-refractivity contribution in [3.63, 3.8) is 0 Å². The van der Waals surface area contributed by atoms with Crippen LogP contribution in [-0.2, 0) is 4.79 Å². The highest BCUT2D eigenvalue weighted by Crippen LogP contribution is 2.19. The van der Waals surface area contributed by atoms with Crippen molar-refractivity contribution in [2.75, 3.05) is 5.32 Å². The number of nitrogens with two attached hydrogens (primary N) is 1. The van der Waals surface area contributed by atoms with Gasteiger partial charge in [0.15, 0.2) is 0 Å². The number of rotatable bonds is 5. The molecule has 0 radical (unpaired) electrons. The summed E-state index contributed by atoms with van der Waals surface area (Å²) in [7, 11) is 0. The van der Waals surface area contributed by atoms with E-state index in [0.717, 1.165) is 6.07 Å². The van der Waals surface area contributed by atoms with E-state index in [1.807, 2.05) is 6.92 Å². The zero-order chi connectivity index (χ0) is 14.4. The van der Waals surface area contributed by atoms with Crippen molar-refractivity contribution in [3.8, 4) is 0 Å². The molecule has 3 amide bonds. The van der Waals surface area contributed by atoms with Crippen molar-refractivity contribution in [2.24, 2.45) is 5.73 Å². The SMILES string of the molecule is CCCC(NC(N)=O)C(=O)Nc1ccc(F)c(Cl)c1. The molecule has 1 rings (SSSR count). The first-order valence-electron chi connectivity index (χ1n) is 5.76. The summed E-state index contributed by atoms with van der Waals surface area (Å²) in [6, 6.07) is 2.32. The van der Waals surface area contributed by atoms with Crippen molar-refractivity contribution < 1.29 is 14.0 Å². The Morgan fingerprint density at radius 3 is 2.68 bits per heavy atom. The number of benzene rings is 1. The zero-order valence-corrected chi connectivity index (χ0v) is 11.1. The maximum Gasteiger partial charge on any atom is 0.312 e. The Kier molecular flexibility index (Phi) is 5.57. The molecule has 0 aliphatic carbocycles. The Balaban J connectivity index is 2.74. The van der Waals surface area contributed by atoms with E-state index >= 15 is 0 Å². The molecule has 5 nitrogen and oxygen atoms in total. The molecule has 0 saturated heterocycles. The van der Waals surface area contributed by atoms with Crippen LogP contribution in [0.1, 0.15) is 19.8 Å². The highest BCUT2D eigenvalue weighted by molar-refractivity contribution is 6.31. The van der Waals surface area contributed by atoms with Crippen molar-refractivity contribution in [1.82, 2.24) is 5.32 Å². The van der Waals surface area contributed by atoms with E-state index in [9.17, 15) is 14.0 Å². The predicted molar refractivity (Wildman–Crippen MR) is 71.5 cm³/mol. The molecule has 0 aliphatic rings. The molecule has 0 aliphatic heterocycles. The van der Waals surface area contributed by atoms with E-state index in [1.165, 1.54) is 12.1 Å². The van der Waals surface area contributed by atoms with E-state index < -0.39 is 23.8 Å². The van der Waals surface area contributed by atoms with Crippen LogP contribution in [0, 0.1) is 5.82 Å². The fraction of sp³-hybridized carbons (Fsp3) is 0.333. The minimum atomic E-state index is -0.772. The van der Waals surface area contributed by atoms with Crippen LogP contribution < -0.4 is 16.4 Å². The number of halogens is 2. The number of hydrogen-bond acceptors (Lipinski definition) is 2. The maximum atomic E-state index is 13.0. The van der Waals surface area contributed by atoms with Crippen LogP contribution in [0.2, 0.25) is 5.02 Å². The summed E-state index contributed by atoms with van der Waals surface area (Å²) in [4.78, 5) is 22.7. The fourth-order valence-corrected chi connectivity index (χ4v) is 1.71. The lowest BCUT2D eigenvalue weighted by atomic mass is 10.1. The molecular formula is C12H15ClFN3O2. The van der Waals surface area contributed by atoms with Gasteiger partial charge in [0.2, 0.25) is 5.91 Å². The normalized spacial score (nSPS) is 11.7. The standard InChI is InChI=1S/C12H15ClFN3O2/c1-2-3-10(17-12(15)19)11(18)16-7-4-5-9(14)8(13)6-7/h4-6,10H,2-3H2,1H3,(H,16,18)(H3,15,17,19). The monoisotopic (exact) mass is 287 g/mol. The maximum absolute atomic E-state index is 13.0. The molecule has 1 aromatic carbocycles. The van der Waals surface area contributed by atoms with E-state index in [1.54, 1.807) is 0 Å². The second-order valence-corrected chi connectivity index (χ2v) is 4.38. The summed E-state index contributed by atoms with van der Waals surface area (Å²) in [5.74, 6) is -0.997. The molecule has 0 heterocycles. The molecule has 4 N–H and O–H groups in total. The quantitative estimate of drug-likeness (QED) is 0.776. The van der Waals surface area contributed by atoms with E-state index in [0.29, 0.717) is 18.5 Å². The molecule has 1 atom stereocenters. The lowest BCUT2D eigenvalue weighted by Gasteiger charge is -2.16. The van der Waals surface area contributed by atoms with Crippen molar-refractivity contribution in [2.45, 2.75) is 25.8 Å². The molecule has 0 fully saturated rings. The van der Waals surface area contributed by atoms with Crippen LogP contribution in [0.25, 0.3) is 0 Å². The minimum Gasteiger partial charge on any atom is -0.352 e. The Morgan fingerprint density at radius 1 is 1.47 bits per heavy atom. The average molecular weight is 288 g/mol. The first-order valence-corrected chi connectivity index (χ1v) is 6.13.